The van der Waals surface area contributed by atoms with Crippen LogP contribution in [0.2, 0.25) is 0 Å². The van der Waals surface area contributed by atoms with Crippen LogP contribution in [0.4, 0.5) is 5.69 Å². The zero-order valence-corrected chi connectivity index (χ0v) is 21.3. The Kier molecular flexibility index (Phi) is 5.68. The van der Waals surface area contributed by atoms with E-state index in [1.54, 1.807) is 11.3 Å². The molecule has 0 unspecified atom stereocenters. The van der Waals surface area contributed by atoms with Crippen molar-refractivity contribution in [1.29, 1.82) is 0 Å². The van der Waals surface area contributed by atoms with E-state index in [1.807, 2.05) is 30.6 Å². The van der Waals surface area contributed by atoms with Crippen molar-refractivity contribution in [2.75, 3.05) is 11.9 Å². The summed E-state index contributed by atoms with van der Waals surface area (Å²) >= 11 is 1.75. The van der Waals surface area contributed by atoms with Gasteiger partial charge < -0.3 is 10.3 Å². The number of pyridine rings is 2. The molecule has 7 aromatic rings. The maximum atomic E-state index is 5.01. The highest BCUT2D eigenvalue weighted by atomic mass is 32.1. The van der Waals surface area contributed by atoms with Gasteiger partial charge in [0.25, 0.3) is 0 Å². The van der Waals surface area contributed by atoms with Gasteiger partial charge in [-0.05, 0) is 53.8 Å². The summed E-state index contributed by atoms with van der Waals surface area (Å²) in [4.78, 5) is 14.3. The first-order chi connectivity index (χ1) is 18.8. The number of aromatic amines is 2. The third-order valence-corrected chi connectivity index (χ3v) is 7.64. The van der Waals surface area contributed by atoms with Gasteiger partial charge in [-0.1, -0.05) is 48.5 Å². The van der Waals surface area contributed by atoms with Crippen LogP contribution in [0.1, 0.15) is 5.56 Å². The molecule has 0 fully saturated rings. The van der Waals surface area contributed by atoms with Crippen molar-refractivity contribution in [2.24, 2.45) is 0 Å². The van der Waals surface area contributed by atoms with Gasteiger partial charge >= 0.3 is 0 Å². The maximum absolute atomic E-state index is 5.01. The molecule has 7 heteroatoms. The lowest BCUT2D eigenvalue weighted by Crippen LogP contribution is -2.05. The van der Waals surface area contributed by atoms with Crippen molar-refractivity contribution >= 4 is 39.0 Å². The van der Waals surface area contributed by atoms with Crippen LogP contribution in [0.3, 0.4) is 0 Å². The predicted octanol–water partition coefficient (Wildman–Crippen LogP) is 7.55. The highest BCUT2D eigenvalue weighted by Crippen LogP contribution is 2.35. The molecule has 0 saturated heterocycles. The molecule has 38 heavy (non-hydrogen) atoms. The number of hydrogen-bond donors (Lipinski definition) is 3. The fourth-order valence-corrected chi connectivity index (χ4v) is 5.62. The van der Waals surface area contributed by atoms with Gasteiger partial charge in [0.2, 0.25) is 0 Å². The third-order valence-electron chi connectivity index (χ3n) is 6.73. The van der Waals surface area contributed by atoms with Crippen LogP contribution in [0.25, 0.3) is 55.0 Å². The molecule has 0 aliphatic carbocycles. The summed E-state index contributed by atoms with van der Waals surface area (Å²) in [6.07, 6.45) is 4.66. The summed E-state index contributed by atoms with van der Waals surface area (Å²) < 4.78 is 0. The Morgan fingerprint density at radius 3 is 2.68 bits per heavy atom. The minimum Gasteiger partial charge on any atom is -0.383 e. The number of H-pyrrole nitrogens is 2. The molecule has 2 aromatic carbocycles. The predicted molar refractivity (Wildman–Crippen MR) is 156 cm³/mol. The lowest BCUT2D eigenvalue weighted by atomic mass is 10.1. The lowest BCUT2D eigenvalue weighted by molar-refractivity contribution is 1.02. The smallest absolute Gasteiger partial charge is 0.135 e. The molecular formula is C31H24N6S. The fraction of sp³-hybridized carbons (Fsp3) is 0.0645. The van der Waals surface area contributed by atoms with Crippen molar-refractivity contribution in [2.45, 2.75) is 6.42 Å². The summed E-state index contributed by atoms with van der Waals surface area (Å²) in [7, 11) is 0. The van der Waals surface area contributed by atoms with Crippen LogP contribution in [0.15, 0.2) is 103 Å². The molecule has 5 aromatic heterocycles. The Hall–Kier alpha value is -4.75. The third kappa shape index (κ3) is 4.23. The molecule has 0 atom stereocenters. The summed E-state index contributed by atoms with van der Waals surface area (Å²) in [6, 6.07) is 29.4. The van der Waals surface area contributed by atoms with Gasteiger partial charge in [0.15, 0.2) is 0 Å². The summed E-state index contributed by atoms with van der Waals surface area (Å²) in [5.41, 5.74) is 9.87. The number of anilines is 1. The molecular weight excluding hydrogens is 488 g/mol. The zero-order valence-electron chi connectivity index (χ0n) is 20.5. The van der Waals surface area contributed by atoms with E-state index in [2.05, 4.69) is 97.6 Å². The molecule has 6 nitrogen and oxygen atoms in total. The van der Waals surface area contributed by atoms with Crippen molar-refractivity contribution in [3.05, 3.63) is 108 Å². The van der Waals surface area contributed by atoms with Gasteiger partial charge in [-0.2, -0.15) is 5.10 Å². The zero-order chi connectivity index (χ0) is 25.3. The van der Waals surface area contributed by atoms with Crippen LogP contribution in [-0.2, 0) is 6.42 Å². The van der Waals surface area contributed by atoms with E-state index in [-0.39, 0.29) is 0 Å². The van der Waals surface area contributed by atoms with Crippen LogP contribution < -0.4 is 5.32 Å². The molecule has 7 rings (SSSR count). The van der Waals surface area contributed by atoms with E-state index in [0.29, 0.717) is 0 Å². The second-order valence-electron chi connectivity index (χ2n) is 9.22. The average Bonchev–Trinajstić information content (AvgIpc) is 3.73. The Bertz CT molecular complexity index is 1850. The highest BCUT2D eigenvalue weighted by molar-refractivity contribution is 7.13. The van der Waals surface area contributed by atoms with Gasteiger partial charge in [-0.3, -0.25) is 10.1 Å². The number of thiophene rings is 1. The number of nitrogens with one attached hydrogen (secondary N) is 3. The quantitative estimate of drug-likeness (QED) is 0.206. The normalized spacial score (nSPS) is 11.4. The molecule has 0 aliphatic heterocycles. The number of hydrogen-bond acceptors (Lipinski definition) is 5. The Morgan fingerprint density at radius 1 is 0.842 bits per heavy atom. The highest BCUT2D eigenvalue weighted by Gasteiger charge is 2.16. The molecule has 0 saturated carbocycles. The average molecular weight is 513 g/mol. The summed E-state index contributed by atoms with van der Waals surface area (Å²) in [5, 5.41) is 14.6. The minimum atomic E-state index is 0.806. The van der Waals surface area contributed by atoms with Crippen LogP contribution in [0.5, 0.6) is 0 Å². The Balaban J connectivity index is 1.20. The number of fused-ring (bicyclic) bond motifs is 2. The van der Waals surface area contributed by atoms with E-state index in [4.69, 9.17) is 4.98 Å². The van der Waals surface area contributed by atoms with Gasteiger partial charge in [-0.25, -0.2) is 4.98 Å². The molecule has 0 radical (unpaired) electrons. The molecule has 5 heterocycles. The lowest BCUT2D eigenvalue weighted by Gasteiger charge is -2.08. The van der Waals surface area contributed by atoms with Crippen LogP contribution in [0, 0.1) is 0 Å². The number of benzene rings is 2. The van der Waals surface area contributed by atoms with Gasteiger partial charge in [0.1, 0.15) is 11.2 Å². The standard InChI is InChI=1S/C31H24N6S/c1-2-6-20(7-3-1)13-14-33-22-16-21(18-32-19-22)25-11-12-27-30(35-25)31(37-36-27)28-17-24-23(29-10-5-15-38-29)8-4-9-26(24)34-28/h1-12,15-19,33-34H,13-14H2,(H,36,37). The monoisotopic (exact) mass is 512 g/mol. The molecule has 3 N–H and O–H groups in total. The first-order valence-corrected chi connectivity index (χ1v) is 13.4. The molecule has 0 amide bonds. The first kappa shape index (κ1) is 22.4. The Morgan fingerprint density at radius 2 is 1.79 bits per heavy atom. The topological polar surface area (TPSA) is 82.3 Å². The molecule has 0 aliphatic rings. The van der Waals surface area contributed by atoms with Crippen LogP contribution in [-0.4, -0.2) is 31.7 Å². The van der Waals surface area contributed by atoms with E-state index in [1.165, 1.54) is 21.4 Å². The second kappa shape index (κ2) is 9.61. The van der Waals surface area contributed by atoms with Crippen molar-refractivity contribution in [3.8, 4) is 33.1 Å². The van der Waals surface area contributed by atoms with E-state index in [9.17, 15) is 0 Å². The second-order valence-corrected chi connectivity index (χ2v) is 10.2. The number of nitrogens with zero attached hydrogens (tertiary/aromatic N) is 3. The Labute approximate surface area is 223 Å². The summed E-state index contributed by atoms with van der Waals surface area (Å²) in [5.74, 6) is 0. The van der Waals surface area contributed by atoms with E-state index >= 15 is 0 Å². The molecule has 0 spiro atoms. The fourth-order valence-electron chi connectivity index (χ4n) is 4.85. The van der Waals surface area contributed by atoms with Gasteiger partial charge in [-0.15, -0.1) is 11.3 Å². The molecule has 184 valence electrons. The largest absolute Gasteiger partial charge is 0.383 e. The van der Waals surface area contributed by atoms with Crippen molar-refractivity contribution in [1.82, 2.24) is 25.1 Å². The number of rotatable bonds is 7. The van der Waals surface area contributed by atoms with Crippen molar-refractivity contribution in [3.63, 3.8) is 0 Å². The summed E-state index contributed by atoms with van der Waals surface area (Å²) in [6.45, 7) is 0.835. The molecule has 0 bridgehead atoms. The first-order valence-electron chi connectivity index (χ1n) is 12.6. The SMILES string of the molecule is c1ccc(CCNc2cncc(-c3ccc4[nH]nc(-c5cc6c(-c7cccs7)cccc6[nH]5)c4n3)c2)cc1. The van der Waals surface area contributed by atoms with E-state index < -0.39 is 0 Å². The number of aromatic nitrogens is 5. The van der Waals surface area contributed by atoms with Gasteiger partial charge in [0, 0.05) is 45.8 Å². The van der Waals surface area contributed by atoms with E-state index in [0.717, 1.165) is 57.8 Å². The van der Waals surface area contributed by atoms with Crippen molar-refractivity contribution < 1.29 is 0 Å². The van der Waals surface area contributed by atoms with Crippen LogP contribution >= 0.6 is 11.3 Å². The maximum Gasteiger partial charge on any atom is 0.135 e. The van der Waals surface area contributed by atoms with Gasteiger partial charge in [0.05, 0.1) is 22.6 Å². The minimum absolute atomic E-state index is 0.806.